The minimum atomic E-state index is -2.78. The van der Waals surface area contributed by atoms with Crippen LogP contribution in [0.2, 0.25) is 0 Å². The molecule has 0 aromatic heterocycles. The molecule has 0 amide bonds. The normalized spacial score (nSPS) is 15.2. The molecule has 0 bridgehead atoms. The van der Waals surface area contributed by atoms with Crippen LogP contribution in [0.1, 0.15) is 48.1 Å². The zero-order chi connectivity index (χ0) is 16.9. The van der Waals surface area contributed by atoms with Crippen LogP contribution in [0.3, 0.4) is 0 Å². The minimum absolute atomic E-state index is 0.191. The lowest BCUT2D eigenvalue weighted by molar-refractivity contribution is -0.0498. The van der Waals surface area contributed by atoms with Gasteiger partial charge in [-0.05, 0) is 67.0 Å². The number of hydrogen-bond donors (Lipinski definition) is 1. The summed E-state index contributed by atoms with van der Waals surface area (Å²) in [7, 11) is 0. The second-order valence-electron chi connectivity index (χ2n) is 6.36. The number of fused-ring (bicyclic) bond motifs is 1. The van der Waals surface area contributed by atoms with Gasteiger partial charge in [-0.2, -0.15) is 8.78 Å². The predicted molar refractivity (Wildman–Crippen MR) is 91.4 cm³/mol. The van der Waals surface area contributed by atoms with Crippen LogP contribution in [-0.2, 0) is 19.4 Å². The van der Waals surface area contributed by atoms with Gasteiger partial charge in [0.2, 0.25) is 0 Å². The molecule has 0 heterocycles. The van der Waals surface area contributed by atoms with E-state index in [4.69, 9.17) is 0 Å². The van der Waals surface area contributed by atoms with Crippen molar-refractivity contribution in [2.24, 2.45) is 0 Å². The number of halogens is 2. The van der Waals surface area contributed by atoms with E-state index in [2.05, 4.69) is 35.2 Å². The smallest absolute Gasteiger partial charge is 0.387 e. The lowest BCUT2D eigenvalue weighted by Crippen LogP contribution is -2.18. The molecule has 0 saturated carbocycles. The third kappa shape index (κ3) is 4.32. The van der Waals surface area contributed by atoms with Crippen molar-refractivity contribution < 1.29 is 13.5 Å². The molecule has 1 atom stereocenters. The van der Waals surface area contributed by atoms with Crippen LogP contribution < -0.4 is 10.1 Å². The molecular weight excluding hydrogens is 308 g/mol. The lowest BCUT2D eigenvalue weighted by atomic mass is 9.89. The van der Waals surface area contributed by atoms with E-state index in [1.54, 1.807) is 12.1 Å². The van der Waals surface area contributed by atoms with Gasteiger partial charge in [-0.3, -0.25) is 0 Å². The maximum absolute atomic E-state index is 12.1. The van der Waals surface area contributed by atoms with Crippen molar-refractivity contribution in [3.05, 3.63) is 64.7 Å². The zero-order valence-electron chi connectivity index (χ0n) is 13.9. The number of benzene rings is 2. The summed E-state index contributed by atoms with van der Waals surface area (Å²) in [5.74, 6) is 0.191. The molecule has 1 N–H and O–H groups in total. The van der Waals surface area contributed by atoms with E-state index in [-0.39, 0.29) is 11.8 Å². The maximum Gasteiger partial charge on any atom is 0.387 e. The summed E-state index contributed by atoms with van der Waals surface area (Å²) < 4.78 is 28.7. The van der Waals surface area contributed by atoms with Gasteiger partial charge in [0.05, 0.1) is 0 Å². The molecule has 1 aliphatic carbocycles. The maximum atomic E-state index is 12.1. The van der Waals surface area contributed by atoms with Crippen LogP contribution in [-0.4, -0.2) is 6.61 Å². The molecule has 0 aliphatic heterocycles. The fourth-order valence-electron chi connectivity index (χ4n) is 3.20. The number of rotatable bonds is 6. The largest absolute Gasteiger partial charge is 0.435 e. The second kappa shape index (κ2) is 7.75. The molecule has 2 nitrogen and oxygen atoms in total. The number of nitrogens with one attached hydrogen (secondary N) is 1. The number of aryl methyl sites for hydroxylation is 2. The van der Waals surface area contributed by atoms with E-state index in [0.29, 0.717) is 6.54 Å². The van der Waals surface area contributed by atoms with Crippen LogP contribution >= 0.6 is 0 Å². The van der Waals surface area contributed by atoms with E-state index >= 15 is 0 Å². The number of alkyl halides is 2. The van der Waals surface area contributed by atoms with Crippen molar-refractivity contribution in [2.45, 2.75) is 51.8 Å². The summed E-state index contributed by atoms with van der Waals surface area (Å²) in [4.78, 5) is 0. The Kier molecular flexibility index (Phi) is 5.46. The first kappa shape index (κ1) is 16.9. The van der Waals surface area contributed by atoms with Gasteiger partial charge in [0.1, 0.15) is 5.75 Å². The van der Waals surface area contributed by atoms with Gasteiger partial charge in [0.15, 0.2) is 0 Å². The molecule has 1 unspecified atom stereocenters. The molecule has 0 spiro atoms. The lowest BCUT2D eigenvalue weighted by Gasteiger charge is -2.20. The number of hydrogen-bond acceptors (Lipinski definition) is 2. The average molecular weight is 331 g/mol. The summed E-state index contributed by atoms with van der Waals surface area (Å²) >= 11 is 0. The van der Waals surface area contributed by atoms with Crippen LogP contribution in [0.4, 0.5) is 8.78 Å². The molecular formula is C20H23F2NO. The van der Waals surface area contributed by atoms with Gasteiger partial charge in [-0.1, -0.05) is 30.3 Å². The molecule has 0 radical (unpaired) electrons. The van der Waals surface area contributed by atoms with Crippen LogP contribution in [0.5, 0.6) is 5.75 Å². The van der Waals surface area contributed by atoms with Gasteiger partial charge in [-0.15, -0.1) is 0 Å². The highest BCUT2D eigenvalue weighted by molar-refractivity contribution is 5.35. The first-order chi connectivity index (χ1) is 11.6. The highest BCUT2D eigenvalue weighted by Crippen LogP contribution is 2.25. The van der Waals surface area contributed by atoms with Crippen molar-refractivity contribution in [3.63, 3.8) is 0 Å². The predicted octanol–water partition coefficient (Wildman–Crippen LogP) is 5.02. The van der Waals surface area contributed by atoms with Crippen molar-refractivity contribution in [1.29, 1.82) is 0 Å². The van der Waals surface area contributed by atoms with Crippen LogP contribution in [0.25, 0.3) is 0 Å². The first-order valence-electron chi connectivity index (χ1n) is 8.50. The van der Waals surface area contributed by atoms with Crippen LogP contribution in [0.15, 0.2) is 42.5 Å². The fraction of sp³-hybridized carbons (Fsp3) is 0.400. The van der Waals surface area contributed by atoms with Crippen molar-refractivity contribution in [1.82, 2.24) is 5.32 Å². The van der Waals surface area contributed by atoms with Gasteiger partial charge in [-0.25, -0.2) is 0 Å². The summed E-state index contributed by atoms with van der Waals surface area (Å²) in [6.45, 7) is 0.0597. The molecule has 2 aromatic carbocycles. The molecule has 0 fully saturated rings. The molecule has 0 saturated heterocycles. The third-order valence-electron chi connectivity index (χ3n) is 4.63. The Morgan fingerprint density at radius 2 is 1.71 bits per heavy atom. The molecule has 1 aliphatic rings. The highest BCUT2D eigenvalue weighted by atomic mass is 19.3. The van der Waals surface area contributed by atoms with Gasteiger partial charge < -0.3 is 10.1 Å². The third-order valence-corrected chi connectivity index (χ3v) is 4.63. The molecule has 24 heavy (non-hydrogen) atoms. The Morgan fingerprint density at radius 3 is 2.42 bits per heavy atom. The second-order valence-corrected chi connectivity index (χ2v) is 6.36. The Morgan fingerprint density at radius 1 is 1.00 bits per heavy atom. The molecule has 4 heteroatoms. The van der Waals surface area contributed by atoms with E-state index in [1.807, 2.05) is 12.1 Å². The van der Waals surface area contributed by atoms with E-state index in [9.17, 15) is 8.78 Å². The Labute approximate surface area is 141 Å². The SMILES string of the molecule is CC(NCc1ccc(OC(F)F)cc1)c1ccc2c(c1)CCCC2. The van der Waals surface area contributed by atoms with E-state index in [0.717, 1.165) is 5.56 Å². The quantitative estimate of drug-likeness (QED) is 0.803. The zero-order valence-corrected chi connectivity index (χ0v) is 13.9. The summed E-state index contributed by atoms with van der Waals surface area (Å²) in [5.41, 5.74) is 5.32. The summed E-state index contributed by atoms with van der Waals surface area (Å²) in [6.07, 6.45) is 4.96. The van der Waals surface area contributed by atoms with E-state index in [1.165, 1.54) is 42.4 Å². The molecule has 2 aromatic rings. The summed E-state index contributed by atoms with van der Waals surface area (Å²) in [5, 5.41) is 3.49. The Balaban J connectivity index is 1.58. The van der Waals surface area contributed by atoms with Gasteiger partial charge in [0, 0.05) is 12.6 Å². The summed E-state index contributed by atoms with van der Waals surface area (Å²) in [6, 6.07) is 13.8. The number of ether oxygens (including phenoxy) is 1. The van der Waals surface area contributed by atoms with Crippen molar-refractivity contribution >= 4 is 0 Å². The van der Waals surface area contributed by atoms with Crippen molar-refractivity contribution in [3.8, 4) is 5.75 Å². The average Bonchev–Trinajstić information content (AvgIpc) is 2.60. The van der Waals surface area contributed by atoms with E-state index < -0.39 is 6.61 Å². The molecule has 128 valence electrons. The fourth-order valence-corrected chi connectivity index (χ4v) is 3.20. The Bertz CT molecular complexity index is 670. The van der Waals surface area contributed by atoms with Crippen LogP contribution in [0, 0.1) is 0 Å². The Hall–Kier alpha value is -1.94. The first-order valence-corrected chi connectivity index (χ1v) is 8.50. The van der Waals surface area contributed by atoms with Gasteiger partial charge >= 0.3 is 6.61 Å². The minimum Gasteiger partial charge on any atom is -0.435 e. The van der Waals surface area contributed by atoms with Crippen molar-refractivity contribution in [2.75, 3.05) is 0 Å². The highest BCUT2D eigenvalue weighted by Gasteiger charge is 2.12. The molecule has 3 rings (SSSR count). The topological polar surface area (TPSA) is 21.3 Å². The van der Waals surface area contributed by atoms with Gasteiger partial charge in [0.25, 0.3) is 0 Å². The standard InChI is InChI=1S/C20H23F2NO/c1-14(17-9-8-16-4-2-3-5-18(16)12-17)23-13-15-6-10-19(11-7-15)24-20(21)22/h6-12,14,20,23H,2-5,13H2,1H3. The monoisotopic (exact) mass is 331 g/mol.